The summed E-state index contributed by atoms with van der Waals surface area (Å²) in [5.41, 5.74) is 1.42. The maximum Gasteiger partial charge on any atom is 0.303 e. The van der Waals surface area contributed by atoms with Crippen molar-refractivity contribution in [3.8, 4) is 0 Å². The van der Waals surface area contributed by atoms with Gasteiger partial charge >= 0.3 is 5.97 Å². The van der Waals surface area contributed by atoms with Gasteiger partial charge in [0.1, 0.15) is 0 Å². The molecule has 0 aliphatic rings. The van der Waals surface area contributed by atoms with Crippen molar-refractivity contribution in [2.45, 2.75) is 19.3 Å². The standard InChI is InChI=1S/C12H9Cl4NO2/c13-5-4-7-9(12(16)10(5)14)11(15)6(17-7)2-1-3-8(18)19/h4,17H,1-3H2,(H,18,19). The first-order valence-corrected chi connectivity index (χ1v) is 6.98. The summed E-state index contributed by atoms with van der Waals surface area (Å²) < 4.78 is 0. The minimum absolute atomic E-state index is 0.0843. The van der Waals surface area contributed by atoms with Crippen LogP contribution in [0.3, 0.4) is 0 Å². The van der Waals surface area contributed by atoms with Crippen LogP contribution in [0.4, 0.5) is 0 Å². The van der Waals surface area contributed by atoms with E-state index in [2.05, 4.69) is 4.98 Å². The molecule has 0 fully saturated rings. The number of carbonyl (C=O) groups is 1. The van der Waals surface area contributed by atoms with Crippen LogP contribution in [0.25, 0.3) is 10.9 Å². The number of carboxylic acid groups (broad SMARTS) is 1. The van der Waals surface area contributed by atoms with E-state index >= 15 is 0 Å². The molecular weight excluding hydrogens is 332 g/mol. The second-order valence-corrected chi connectivity index (χ2v) is 5.61. The quantitative estimate of drug-likeness (QED) is 0.752. The summed E-state index contributed by atoms with van der Waals surface area (Å²) in [7, 11) is 0. The molecule has 102 valence electrons. The molecule has 2 aromatic rings. The Labute approximate surface area is 129 Å². The van der Waals surface area contributed by atoms with Crippen molar-refractivity contribution in [2.75, 3.05) is 0 Å². The van der Waals surface area contributed by atoms with Crippen LogP contribution in [0.2, 0.25) is 20.1 Å². The van der Waals surface area contributed by atoms with Crippen LogP contribution in [0, 0.1) is 0 Å². The van der Waals surface area contributed by atoms with Crippen molar-refractivity contribution < 1.29 is 9.90 Å². The van der Waals surface area contributed by atoms with E-state index in [1.54, 1.807) is 6.07 Å². The maximum absolute atomic E-state index is 10.5. The van der Waals surface area contributed by atoms with Crippen LogP contribution in [0.1, 0.15) is 18.5 Å². The molecule has 2 N–H and O–H groups in total. The summed E-state index contributed by atoms with van der Waals surface area (Å²) >= 11 is 24.3. The summed E-state index contributed by atoms with van der Waals surface area (Å²) in [6.45, 7) is 0. The lowest BCUT2D eigenvalue weighted by molar-refractivity contribution is -0.137. The molecular formula is C12H9Cl4NO2. The lowest BCUT2D eigenvalue weighted by Crippen LogP contribution is -1.96. The predicted octanol–water partition coefficient (Wildman–Crippen LogP) is 5.19. The van der Waals surface area contributed by atoms with E-state index in [1.165, 1.54) is 0 Å². The fraction of sp³-hybridized carbons (Fsp3) is 0.250. The largest absolute Gasteiger partial charge is 0.481 e. The number of aromatic nitrogens is 1. The van der Waals surface area contributed by atoms with Crippen LogP contribution in [0.15, 0.2) is 6.07 Å². The number of aliphatic carboxylic acids is 1. The van der Waals surface area contributed by atoms with Crippen LogP contribution in [-0.2, 0) is 11.2 Å². The van der Waals surface area contributed by atoms with Gasteiger partial charge in [-0.2, -0.15) is 0 Å². The third-order valence-corrected chi connectivity index (χ3v) is 4.43. The Hall–Kier alpha value is -0.610. The molecule has 0 radical (unpaired) electrons. The number of fused-ring (bicyclic) bond motifs is 1. The SMILES string of the molecule is O=C(O)CCCc1[nH]c2cc(Cl)c(Cl)c(Cl)c2c1Cl. The zero-order valence-corrected chi connectivity index (χ0v) is 12.6. The van der Waals surface area contributed by atoms with Gasteiger partial charge in [-0.15, -0.1) is 0 Å². The number of halogens is 4. The van der Waals surface area contributed by atoms with Gasteiger partial charge in [-0.1, -0.05) is 46.4 Å². The molecule has 0 amide bonds. The van der Waals surface area contributed by atoms with Crippen LogP contribution < -0.4 is 0 Å². The molecule has 7 heteroatoms. The number of aromatic amines is 1. The van der Waals surface area contributed by atoms with Gasteiger partial charge in [0.15, 0.2) is 0 Å². The summed E-state index contributed by atoms with van der Waals surface area (Å²) in [5.74, 6) is -0.837. The molecule has 0 bridgehead atoms. The van der Waals surface area contributed by atoms with Gasteiger partial charge in [-0.05, 0) is 18.9 Å². The van der Waals surface area contributed by atoms with E-state index in [9.17, 15) is 4.79 Å². The number of aryl methyl sites for hydroxylation is 1. The molecule has 0 saturated heterocycles. The van der Waals surface area contributed by atoms with Crippen LogP contribution in [-0.4, -0.2) is 16.1 Å². The Morgan fingerprint density at radius 3 is 2.47 bits per heavy atom. The zero-order chi connectivity index (χ0) is 14.2. The van der Waals surface area contributed by atoms with Crippen LogP contribution in [0.5, 0.6) is 0 Å². The molecule has 19 heavy (non-hydrogen) atoms. The van der Waals surface area contributed by atoms with Gasteiger partial charge in [0, 0.05) is 17.5 Å². The lowest BCUT2D eigenvalue weighted by Gasteiger charge is -2.00. The van der Waals surface area contributed by atoms with Crippen molar-refractivity contribution >= 4 is 63.3 Å². The minimum atomic E-state index is -0.837. The summed E-state index contributed by atoms with van der Waals surface area (Å²) in [5, 5.41) is 10.6. The first-order chi connectivity index (χ1) is 8.91. The average molecular weight is 341 g/mol. The topological polar surface area (TPSA) is 53.1 Å². The highest BCUT2D eigenvalue weighted by Crippen LogP contribution is 2.41. The Morgan fingerprint density at radius 2 is 1.84 bits per heavy atom. The van der Waals surface area contributed by atoms with E-state index in [0.717, 1.165) is 5.69 Å². The molecule has 0 unspecified atom stereocenters. The second kappa shape index (κ2) is 5.80. The number of hydrogen-bond donors (Lipinski definition) is 2. The molecule has 0 saturated carbocycles. The van der Waals surface area contributed by atoms with Gasteiger partial charge in [0.25, 0.3) is 0 Å². The highest BCUT2D eigenvalue weighted by atomic mass is 35.5. The summed E-state index contributed by atoms with van der Waals surface area (Å²) in [6, 6.07) is 1.65. The van der Waals surface area contributed by atoms with Crippen LogP contribution >= 0.6 is 46.4 Å². The van der Waals surface area contributed by atoms with Gasteiger partial charge < -0.3 is 10.1 Å². The number of nitrogens with one attached hydrogen (secondary N) is 1. The number of hydrogen-bond acceptors (Lipinski definition) is 1. The van der Waals surface area contributed by atoms with Crippen molar-refractivity contribution in [2.24, 2.45) is 0 Å². The average Bonchev–Trinajstić information content (AvgIpc) is 2.63. The van der Waals surface area contributed by atoms with E-state index in [1.807, 2.05) is 0 Å². The Balaban J connectivity index is 2.40. The molecule has 0 atom stereocenters. The molecule has 2 rings (SSSR count). The fourth-order valence-electron chi connectivity index (χ4n) is 1.87. The van der Waals surface area contributed by atoms with Gasteiger partial charge in [-0.25, -0.2) is 0 Å². The highest BCUT2D eigenvalue weighted by Gasteiger charge is 2.17. The first-order valence-electron chi connectivity index (χ1n) is 5.47. The molecule has 3 nitrogen and oxygen atoms in total. The maximum atomic E-state index is 10.5. The predicted molar refractivity (Wildman–Crippen MR) is 78.9 cm³/mol. The summed E-state index contributed by atoms with van der Waals surface area (Å²) in [4.78, 5) is 13.6. The number of benzene rings is 1. The van der Waals surface area contributed by atoms with E-state index in [-0.39, 0.29) is 11.4 Å². The van der Waals surface area contributed by atoms with E-state index in [0.29, 0.717) is 38.8 Å². The molecule has 1 aromatic carbocycles. The minimum Gasteiger partial charge on any atom is -0.481 e. The smallest absolute Gasteiger partial charge is 0.303 e. The summed E-state index contributed by atoms with van der Waals surface area (Å²) in [6.07, 6.45) is 1.09. The third kappa shape index (κ3) is 2.95. The molecule has 1 heterocycles. The molecule has 0 aliphatic carbocycles. The van der Waals surface area contributed by atoms with Gasteiger partial charge in [0.2, 0.25) is 0 Å². The first kappa shape index (κ1) is 14.8. The Kier molecular flexibility index (Phi) is 4.51. The van der Waals surface area contributed by atoms with Crippen molar-refractivity contribution in [1.29, 1.82) is 0 Å². The Morgan fingerprint density at radius 1 is 1.16 bits per heavy atom. The zero-order valence-electron chi connectivity index (χ0n) is 9.57. The second-order valence-electron chi connectivity index (χ2n) is 4.07. The van der Waals surface area contributed by atoms with Crippen molar-refractivity contribution in [3.63, 3.8) is 0 Å². The lowest BCUT2D eigenvalue weighted by atomic mass is 10.2. The van der Waals surface area contributed by atoms with Gasteiger partial charge in [-0.3, -0.25) is 4.79 Å². The van der Waals surface area contributed by atoms with Crippen molar-refractivity contribution in [3.05, 3.63) is 31.9 Å². The molecule has 0 spiro atoms. The molecule has 1 aromatic heterocycles. The number of carboxylic acids is 1. The third-order valence-electron chi connectivity index (χ3n) is 2.75. The monoisotopic (exact) mass is 339 g/mol. The highest BCUT2D eigenvalue weighted by molar-refractivity contribution is 6.52. The molecule has 0 aliphatic heterocycles. The number of H-pyrrole nitrogens is 1. The fourth-order valence-corrected chi connectivity index (χ4v) is 2.95. The van der Waals surface area contributed by atoms with Gasteiger partial charge in [0.05, 0.1) is 25.6 Å². The van der Waals surface area contributed by atoms with E-state index < -0.39 is 5.97 Å². The Bertz CT molecular complexity index is 651. The van der Waals surface area contributed by atoms with Crippen molar-refractivity contribution in [1.82, 2.24) is 4.98 Å². The number of rotatable bonds is 4. The normalized spacial score (nSPS) is 11.2. The van der Waals surface area contributed by atoms with E-state index in [4.69, 9.17) is 51.5 Å².